The van der Waals surface area contributed by atoms with Crippen LogP contribution in [0.25, 0.3) is 0 Å². The van der Waals surface area contributed by atoms with Crippen LogP contribution in [0, 0.1) is 5.82 Å². The van der Waals surface area contributed by atoms with Gasteiger partial charge in [-0.1, -0.05) is 0 Å². The molecule has 2 aromatic rings. The van der Waals surface area contributed by atoms with E-state index in [0.29, 0.717) is 6.29 Å². The average molecular weight is 279 g/mol. The molecule has 80 valence electrons. The van der Waals surface area contributed by atoms with Gasteiger partial charge >= 0.3 is 99.3 Å². The predicted molar refractivity (Wildman–Crippen MR) is 63.3 cm³/mol. The van der Waals surface area contributed by atoms with Crippen LogP contribution < -0.4 is 8.92 Å². The molecule has 0 aliphatic rings. The quantitative estimate of drug-likeness (QED) is 0.611. The van der Waals surface area contributed by atoms with Crippen LogP contribution in [0.4, 0.5) is 4.39 Å². The fourth-order valence-corrected chi connectivity index (χ4v) is 3.16. The van der Waals surface area contributed by atoms with Gasteiger partial charge in [0.1, 0.15) is 0 Å². The SMILES string of the molecule is O=Cc1cc([Se]c2ccccc2)ccc1F. The fraction of sp³-hybridized carbons (Fsp3) is 0. The first-order valence-corrected chi connectivity index (χ1v) is 6.48. The number of carbonyl (C=O) groups is 1. The summed E-state index contributed by atoms with van der Waals surface area (Å²) in [5, 5.41) is 0. The Morgan fingerprint density at radius 1 is 1.00 bits per heavy atom. The summed E-state index contributed by atoms with van der Waals surface area (Å²) < 4.78 is 15.3. The van der Waals surface area contributed by atoms with Gasteiger partial charge in [0.05, 0.1) is 0 Å². The van der Waals surface area contributed by atoms with Crippen LogP contribution in [0.2, 0.25) is 0 Å². The van der Waals surface area contributed by atoms with Crippen molar-refractivity contribution in [1.29, 1.82) is 0 Å². The van der Waals surface area contributed by atoms with Crippen LogP contribution in [0.1, 0.15) is 10.4 Å². The third kappa shape index (κ3) is 2.57. The molecule has 0 amide bonds. The van der Waals surface area contributed by atoms with Crippen molar-refractivity contribution in [3.05, 3.63) is 59.9 Å². The molecule has 3 heteroatoms. The average Bonchev–Trinajstić information content (AvgIpc) is 2.33. The summed E-state index contributed by atoms with van der Waals surface area (Å²) in [6, 6.07) is 14.7. The molecule has 0 N–H and O–H groups in total. The molecule has 2 rings (SSSR count). The Labute approximate surface area is 99.5 Å². The third-order valence-corrected chi connectivity index (χ3v) is 4.17. The molecule has 0 saturated carbocycles. The summed E-state index contributed by atoms with van der Waals surface area (Å²) in [6.45, 7) is 0. The number of halogens is 1. The molecule has 0 saturated heterocycles. The normalized spacial score (nSPS) is 10.1. The molecule has 16 heavy (non-hydrogen) atoms. The summed E-state index contributed by atoms with van der Waals surface area (Å²) in [5.74, 6) is -0.456. The van der Waals surface area contributed by atoms with Crippen LogP contribution >= 0.6 is 0 Å². The van der Waals surface area contributed by atoms with Crippen molar-refractivity contribution in [3.8, 4) is 0 Å². The molecule has 0 aromatic heterocycles. The van der Waals surface area contributed by atoms with E-state index in [-0.39, 0.29) is 20.5 Å². The van der Waals surface area contributed by atoms with E-state index in [1.54, 1.807) is 12.1 Å². The molecule has 0 unspecified atom stereocenters. The standard InChI is InChI=1S/C13H9FOSe/c14-13-7-6-12(8-10(13)9-15)16-11-4-2-1-3-5-11/h1-9H. The molecule has 0 bridgehead atoms. The second-order valence-corrected chi connectivity index (χ2v) is 5.62. The first-order chi connectivity index (χ1) is 7.79. The summed E-state index contributed by atoms with van der Waals surface area (Å²) in [6.07, 6.45) is 0.555. The van der Waals surface area contributed by atoms with Crippen molar-refractivity contribution in [3.63, 3.8) is 0 Å². The summed E-state index contributed by atoms with van der Waals surface area (Å²) in [7, 11) is 0. The zero-order valence-corrected chi connectivity index (χ0v) is 10.1. The van der Waals surface area contributed by atoms with Gasteiger partial charge in [-0.15, -0.1) is 0 Å². The zero-order chi connectivity index (χ0) is 11.4. The van der Waals surface area contributed by atoms with Gasteiger partial charge in [0.25, 0.3) is 0 Å². The number of benzene rings is 2. The van der Waals surface area contributed by atoms with E-state index in [1.807, 2.05) is 30.3 Å². The minimum atomic E-state index is -0.456. The minimum absolute atomic E-state index is 0.118. The molecule has 0 aliphatic carbocycles. The molecule has 0 atom stereocenters. The topological polar surface area (TPSA) is 17.1 Å². The van der Waals surface area contributed by atoms with Gasteiger partial charge in [0, 0.05) is 0 Å². The van der Waals surface area contributed by atoms with Gasteiger partial charge in [-0.3, -0.25) is 0 Å². The van der Waals surface area contributed by atoms with E-state index in [9.17, 15) is 9.18 Å². The Morgan fingerprint density at radius 2 is 1.75 bits per heavy atom. The maximum absolute atomic E-state index is 13.1. The molecule has 2 aromatic carbocycles. The predicted octanol–water partition coefficient (Wildman–Crippen LogP) is 1.29. The Morgan fingerprint density at radius 3 is 2.44 bits per heavy atom. The van der Waals surface area contributed by atoms with Gasteiger partial charge < -0.3 is 0 Å². The van der Waals surface area contributed by atoms with E-state index < -0.39 is 5.82 Å². The van der Waals surface area contributed by atoms with E-state index in [0.717, 1.165) is 4.46 Å². The Balaban J connectivity index is 2.26. The molecule has 0 fully saturated rings. The second kappa shape index (κ2) is 5.06. The van der Waals surface area contributed by atoms with Gasteiger partial charge in [0.2, 0.25) is 0 Å². The van der Waals surface area contributed by atoms with Crippen molar-refractivity contribution >= 4 is 30.2 Å². The van der Waals surface area contributed by atoms with Crippen molar-refractivity contribution in [2.24, 2.45) is 0 Å². The van der Waals surface area contributed by atoms with Crippen molar-refractivity contribution in [2.75, 3.05) is 0 Å². The molecule has 0 heterocycles. The monoisotopic (exact) mass is 280 g/mol. The van der Waals surface area contributed by atoms with Crippen LogP contribution in [0.3, 0.4) is 0 Å². The van der Waals surface area contributed by atoms with Gasteiger partial charge in [-0.2, -0.15) is 0 Å². The van der Waals surface area contributed by atoms with Gasteiger partial charge in [-0.05, 0) is 0 Å². The van der Waals surface area contributed by atoms with E-state index >= 15 is 0 Å². The molecular formula is C13H9FOSe. The third-order valence-electron chi connectivity index (χ3n) is 2.07. The first kappa shape index (κ1) is 11.1. The van der Waals surface area contributed by atoms with E-state index in [4.69, 9.17) is 0 Å². The van der Waals surface area contributed by atoms with Crippen molar-refractivity contribution in [2.45, 2.75) is 0 Å². The van der Waals surface area contributed by atoms with Crippen molar-refractivity contribution < 1.29 is 9.18 Å². The number of hydrogen-bond donors (Lipinski definition) is 0. The second-order valence-electron chi connectivity index (χ2n) is 3.22. The van der Waals surface area contributed by atoms with Crippen molar-refractivity contribution in [1.82, 2.24) is 0 Å². The van der Waals surface area contributed by atoms with Crippen LogP contribution in [0.15, 0.2) is 48.5 Å². The summed E-state index contributed by atoms with van der Waals surface area (Å²) in [5.41, 5.74) is 0.135. The summed E-state index contributed by atoms with van der Waals surface area (Å²) in [4.78, 5) is 10.6. The van der Waals surface area contributed by atoms with E-state index in [2.05, 4.69) is 0 Å². The Kier molecular flexibility index (Phi) is 3.50. The number of rotatable bonds is 3. The molecule has 0 radical (unpaired) electrons. The van der Waals surface area contributed by atoms with E-state index in [1.165, 1.54) is 10.5 Å². The maximum atomic E-state index is 13.1. The molecular weight excluding hydrogens is 270 g/mol. The van der Waals surface area contributed by atoms with Crippen LogP contribution in [0.5, 0.6) is 0 Å². The Hall–Kier alpha value is -1.44. The van der Waals surface area contributed by atoms with Crippen LogP contribution in [-0.4, -0.2) is 21.2 Å². The Bertz CT molecular complexity index is 497. The van der Waals surface area contributed by atoms with Gasteiger partial charge in [0.15, 0.2) is 0 Å². The fourth-order valence-electron chi connectivity index (χ4n) is 1.30. The zero-order valence-electron chi connectivity index (χ0n) is 8.39. The molecule has 1 nitrogen and oxygen atoms in total. The van der Waals surface area contributed by atoms with Crippen LogP contribution in [-0.2, 0) is 0 Å². The number of carbonyl (C=O) groups excluding carboxylic acids is 1. The number of aldehydes is 1. The van der Waals surface area contributed by atoms with Gasteiger partial charge in [-0.25, -0.2) is 0 Å². The molecule has 0 aliphatic heterocycles. The molecule has 0 spiro atoms. The first-order valence-electron chi connectivity index (χ1n) is 4.77. The number of hydrogen-bond acceptors (Lipinski definition) is 1. The summed E-state index contributed by atoms with van der Waals surface area (Å²) >= 11 is 0.118.